The van der Waals surface area contributed by atoms with Gasteiger partial charge in [0.05, 0.1) is 11.5 Å². The second kappa shape index (κ2) is 10.0. The highest BCUT2D eigenvalue weighted by atomic mass is 32.2. The third-order valence-corrected chi connectivity index (χ3v) is 4.58. The number of carbonyl (C=O) groups is 2. The third kappa shape index (κ3) is 7.75. The van der Waals surface area contributed by atoms with E-state index < -0.39 is 5.97 Å². The van der Waals surface area contributed by atoms with Crippen molar-refractivity contribution >= 4 is 23.6 Å². The first-order chi connectivity index (χ1) is 9.59. The third-order valence-electron chi connectivity index (χ3n) is 3.67. The van der Waals surface area contributed by atoms with Crippen molar-refractivity contribution < 1.29 is 14.7 Å². The SMILES string of the molecule is CN(CCCNC(=O)CSCC(=O)O)C1CCCCC1. The molecule has 116 valence electrons. The highest BCUT2D eigenvalue weighted by molar-refractivity contribution is 8.00. The van der Waals surface area contributed by atoms with Crippen LogP contribution in [0.5, 0.6) is 0 Å². The highest BCUT2D eigenvalue weighted by Crippen LogP contribution is 2.21. The first kappa shape index (κ1) is 17.3. The number of amides is 1. The molecule has 0 saturated heterocycles. The Labute approximate surface area is 125 Å². The van der Waals surface area contributed by atoms with E-state index in [1.54, 1.807) is 0 Å². The van der Waals surface area contributed by atoms with E-state index in [1.807, 2.05) is 0 Å². The maximum atomic E-state index is 11.4. The number of carboxylic acid groups (broad SMARTS) is 1. The number of hydrogen-bond acceptors (Lipinski definition) is 4. The second-order valence-electron chi connectivity index (χ2n) is 5.36. The molecule has 0 heterocycles. The number of nitrogens with zero attached hydrogens (tertiary/aromatic N) is 1. The van der Waals surface area contributed by atoms with Gasteiger partial charge in [-0.05, 0) is 32.9 Å². The van der Waals surface area contributed by atoms with E-state index in [0.29, 0.717) is 12.6 Å². The van der Waals surface area contributed by atoms with Crippen LogP contribution < -0.4 is 5.32 Å². The van der Waals surface area contributed by atoms with Gasteiger partial charge >= 0.3 is 5.97 Å². The number of rotatable bonds is 9. The van der Waals surface area contributed by atoms with E-state index in [1.165, 1.54) is 32.1 Å². The predicted molar refractivity (Wildman–Crippen MR) is 82.1 cm³/mol. The van der Waals surface area contributed by atoms with E-state index in [9.17, 15) is 9.59 Å². The van der Waals surface area contributed by atoms with Gasteiger partial charge in [-0.3, -0.25) is 9.59 Å². The van der Waals surface area contributed by atoms with Crippen LogP contribution in [0.1, 0.15) is 38.5 Å². The van der Waals surface area contributed by atoms with Crippen molar-refractivity contribution in [3.63, 3.8) is 0 Å². The minimum Gasteiger partial charge on any atom is -0.481 e. The van der Waals surface area contributed by atoms with Crippen LogP contribution in [0.3, 0.4) is 0 Å². The van der Waals surface area contributed by atoms with Crippen LogP contribution in [0.4, 0.5) is 0 Å². The molecule has 1 saturated carbocycles. The molecular weight excluding hydrogens is 276 g/mol. The van der Waals surface area contributed by atoms with Crippen LogP contribution in [0, 0.1) is 0 Å². The highest BCUT2D eigenvalue weighted by Gasteiger charge is 2.17. The maximum Gasteiger partial charge on any atom is 0.313 e. The zero-order valence-corrected chi connectivity index (χ0v) is 13.1. The minimum atomic E-state index is -0.878. The molecule has 6 heteroatoms. The van der Waals surface area contributed by atoms with Crippen LogP contribution in [0.25, 0.3) is 0 Å². The summed E-state index contributed by atoms with van der Waals surface area (Å²) in [6.45, 7) is 1.68. The summed E-state index contributed by atoms with van der Waals surface area (Å²) in [5, 5.41) is 11.3. The summed E-state index contributed by atoms with van der Waals surface area (Å²) in [5.41, 5.74) is 0. The molecule has 0 aromatic heterocycles. The Hall–Kier alpha value is -0.750. The number of carbonyl (C=O) groups excluding carboxylic acids is 1. The van der Waals surface area contributed by atoms with Crippen molar-refractivity contribution in [1.82, 2.24) is 10.2 Å². The standard InChI is InChI=1S/C14H26N2O3S/c1-16(12-6-3-2-4-7-12)9-5-8-15-13(17)10-20-11-14(18)19/h12H,2-11H2,1H3,(H,15,17)(H,18,19). The van der Waals surface area contributed by atoms with E-state index in [4.69, 9.17) is 5.11 Å². The van der Waals surface area contributed by atoms with Crippen LogP contribution in [0.15, 0.2) is 0 Å². The summed E-state index contributed by atoms with van der Waals surface area (Å²) in [5.74, 6) is -0.740. The van der Waals surface area contributed by atoms with Crippen LogP contribution in [-0.2, 0) is 9.59 Å². The lowest BCUT2D eigenvalue weighted by Gasteiger charge is -2.31. The molecule has 0 unspecified atom stereocenters. The number of thioether (sulfide) groups is 1. The molecule has 1 rings (SSSR count). The van der Waals surface area contributed by atoms with Crippen molar-refractivity contribution in [3.05, 3.63) is 0 Å². The fourth-order valence-electron chi connectivity index (χ4n) is 2.54. The Bertz CT molecular complexity index is 307. The summed E-state index contributed by atoms with van der Waals surface area (Å²) < 4.78 is 0. The molecule has 0 aromatic rings. The lowest BCUT2D eigenvalue weighted by Crippen LogP contribution is -2.36. The van der Waals surface area contributed by atoms with Gasteiger partial charge in [-0.15, -0.1) is 11.8 Å². The topological polar surface area (TPSA) is 69.6 Å². The Balaban J connectivity index is 2.00. The lowest BCUT2D eigenvalue weighted by atomic mass is 9.94. The van der Waals surface area contributed by atoms with Crippen molar-refractivity contribution in [3.8, 4) is 0 Å². The fraction of sp³-hybridized carbons (Fsp3) is 0.857. The van der Waals surface area contributed by atoms with Crippen LogP contribution in [-0.4, -0.2) is 59.6 Å². The Kier molecular flexibility index (Phi) is 8.69. The smallest absolute Gasteiger partial charge is 0.313 e. The van der Waals surface area contributed by atoms with Crippen LogP contribution >= 0.6 is 11.8 Å². The fourth-order valence-corrected chi connectivity index (χ4v) is 3.11. The van der Waals surface area contributed by atoms with Gasteiger partial charge in [0.15, 0.2) is 0 Å². The number of carboxylic acids is 1. The van der Waals surface area contributed by atoms with Gasteiger partial charge in [-0.2, -0.15) is 0 Å². The van der Waals surface area contributed by atoms with Gasteiger partial charge in [0.25, 0.3) is 0 Å². The molecule has 5 nitrogen and oxygen atoms in total. The molecule has 2 N–H and O–H groups in total. The molecule has 1 fully saturated rings. The van der Waals surface area contributed by atoms with Crippen molar-refractivity contribution in [2.75, 3.05) is 31.6 Å². The van der Waals surface area contributed by atoms with E-state index in [0.717, 1.165) is 24.7 Å². The summed E-state index contributed by atoms with van der Waals surface area (Å²) in [4.78, 5) is 24.1. The van der Waals surface area contributed by atoms with Gasteiger partial charge in [-0.1, -0.05) is 19.3 Å². The summed E-state index contributed by atoms with van der Waals surface area (Å²) in [7, 11) is 2.17. The molecule has 0 bridgehead atoms. The number of aliphatic carboxylic acids is 1. The molecule has 20 heavy (non-hydrogen) atoms. The molecule has 0 spiro atoms. The molecular formula is C14H26N2O3S. The molecule has 1 aliphatic rings. The number of hydrogen-bond donors (Lipinski definition) is 2. The molecule has 1 amide bonds. The monoisotopic (exact) mass is 302 g/mol. The van der Waals surface area contributed by atoms with Crippen molar-refractivity contribution in [1.29, 1.82) is 0 Å². The molecule has 0 radical (unpaired) electrons. The first-order valence-corrected chi connectivity index (χ1v) is 8.51. The van der Waals surface area contributed by atoms with Gasteiger partial charge in [0, 0.05) is 12.6 Å². The van der Waals surface area contributed by atoms with Crippen molar-refractivity contribution in [2.24, 2.45) is 0 Å². The van der Waals surface area contributed by atoms with Gasteiger partial charge in [0.2, 0.25) is 5.91 Å². The molecule has 0 aliphatic heterocycles. The first-order valence-electron chi connectivity index (χ1n) is 7.36. The molecule has 0 atom stereocenters. The van der Waals surface area contributed by atoms with E-state index in [-0.39, 0.29) is 17.4 Å². The Morgan fingerprint density at radius 3 is 2.60 bits per heavy atom. The zero-order chi connectivity index (χ0) is 14.8. The van der Waals surface area contributed by atoms with E-state index >= 15 is 0 Å². The van der Waals surface area contributed by atoms with Crippen LogP contribution in [0.2, 0.25) is 0 Å². The molecule has 0 aromatic carbocycles. The number of nitrogens with one attached hydrogen (secondary N) is 1. The largest absolute Gasteiger partial charge is 0.481 e. The van der Waals surface area contributed by atoms with Gasteiger partial charge < -0.3 is 15.3 Å². The summed E-state index contributed by atoms with van der Waals surface area (Å²) in [6, 6.07) is 0.713. The average molecular weight is 302 g/mol. The minimum absolute atomic E-state index is 0.0160. The summed E-state index contributed by atoms with van der Waals surface area (Å²) in [6.07, 6.45) is 7.60. The quantitative estimate of drug-likeness (QED) is 0.633. The lowest BCUT2D eigenvalue weighted by molar-refractivity contribution is -0.133. The summed E-state index contributed by atoms with van der Waals surface area (Å²) >= 11 is 1.13. The van der Waals surface area contributed by atoms with Gasteiger partial charge in [0.1, 0.15) is 0 Å². The maximum absolute atomic E-state index is 11.4. The average Bonchev–Trinajstić information content (AvgIpc) is 2.44. The molecule has 1 aliphatic carbocycles. The van der Waals surface area contributed by atoms with E-state index in [2.05, 4.69) is 17.3 Å². The van der Waals surface area contributed by atoms with Crippen molar-refractivity contribution in [2.45, 2.75) is 44.6 Å². The Morgan fingerprint density at radius 1 is 1.25 bits per heavy atom. The normalized spacial score (nSPS) is 16.3. The second-order valence-corrected chi connectivity index (χ2v) is 6.35. The zero-order valence-electron chi connectivity index (χ0n) is 12.3. The van der Waals surface area contributed by atoms with Gasteiger partial charge in [-0.25, -0.2) is 0 Å². The Morgan fingerprint density at radius 2 is 1.95 bits per heavy atom. The predicted octanol–water partition coefficient (Wildman–Crippen LogP) is 1.58.